The van der Waals surface area contributed by atoms with Crippen LogP contribution in [0.4, 0.5) is 0 Å². The molecule has 0 unspecified atom stereocenters. The number of hydrogen-bond acceptors (Lipinski definition) is 9. The average molecular weight is 424 g/mol. The quantitative estimate of drug-likeness (QED) is 0.244. The number of carbonyl (C=O) groups is 2. The van der Waals surface area contributed by atoms with Crippen LogP contribution in [0, 0.1) is 36.5 Å². The highest BCUT2D eigenvalue weighted by atomic mass is 16.6. The maximum Gasteiger partial charge on any atom is 0.349 e. The van der Waals surface area contributed by atoms with Gasteiger partial charge in [-0.15, -0.1) is 0 Å². The third-order valence-corrected chi connectivity index (χ3v) is 3.70. The zero-order valence-electron chi connectivity index (χ0n) is 17.0. The second-order valence-corrected chi connectivity index (χ2v) is 6.12. The van der Waals surface area contributed by atoms with Crippen molar-refractivity contribution in [2.75, 3.05) is 26.4 Å². The number of rotatable bonds is 10. The molecule has 2 aromatic rings. The number of esters is 2. The smallest absolute Gasteiger partial charge is 0.349 e. The number of furan rings is 2. The molecule has 160 valence electrons. The first kappa shape index (κ1) is 23.2. The van der Waals surface area contributed by atoms with Gasteiger partial charge in [0.1, 0.15) is 59.5 Å². The molecule has 0 aliphatic carbocycles. The van der Waals surface area contributed by atoms with Crippen LogP contribution in [0.1, 0.15) is 23.0 Å². The molecule has 0 spiro atoms. The van der Waals surface area contributed by atoms with Crippen molar-refractivity contribution < 1.29 is 32.6 Å². The molecule has 0 amide bonds. The number of aryl methyl sites for hydroxylation is 2. The summed E-state index contributed by atoms with van der Waals surface area (Å²) in [5, 5.41) is 18.1. The van der Waals surface area contributed by atoms with Crippen LogP contribution in [0.5, 0.6) is 0 Å². The summed E-state index contributed by atoms with van der Waals surface area (Å²) in [7, 11) is 0. The van der Waals surface area contributed by atoms with E-state index in [1.807, 2.05) is 0 Å². The highest BCUT2D eigenvalue weighted by Gasteiger charge is 2.13. The standard InChI is InChI=1S/C22H20N2O7/c1-15-3-5-19(30-15)11-17(13-23)21(25)28-9-7-27-8-10-29-22(26)18(14-24)12-20-6-4-16(2)31-20/h3-6,11-12H,7-10H2,1-2H3/b17-11+,18-12+. The Morgan fingerprint density at radius 2 is 1.23 bits per heavy atom. The van der Waals surface area contributed by atoms with Gasteiger partial charge in [-0.2, -0.15) is 10.5 Å². The fraction of sp³-hybridized carbons (Fsp3) is 0.273. The molecule has 0 N–H and O–H groups in total. The van der Waals surface area contributed by atoms with Crippen LogP contribution in [-0.4, -0.2) is 38.4 Å². The average Bonchev–Trinajstić information content (AvgIpc) is 3.36. The van der Waals surface area contributed by atoms with Gasteiger partial charge in [-0.25, -0.2) is 9.59 Å². The van der Waals surface area contributed by atoms with E-state index in [1.54, 1.807) is 50.3 Å². The molecule has 0 saturated carbocycles. The molecular formula is C22H20N2O7. The van der Waals surface area contributed by atoms with Crippen molar-refractivity contribution in [1.82, 2.24) is 0 Å². The molecule has 0 fully saturated rings. The van der Waals surface area contributed by atoms with E-state index in [0.717, 1.165) is 0 Å². The minimum absolute atomic E-state index is 0.0362. The predicted octanol–water partition coefficient (Wildman–Crippen LogP) is 3.11. The summed E-state index contributed by atoms with van der Waals surface area (Å²) in [6.07, 6.45) is 2.58. The number of carbonyl (C=O) groups excluding carboxylic acids is 2. The number of hydrogen-bond donors (Lipinski definition) is 0. The molecule has 2 heterocycles. The van der Waals surface area contributed by atoms with Gasteiger partial charge in [0.05, 0.1) is 13.2 Å². The molecule has 0 saturated heterocycles. The van der Waals surface area contributed by atoms with Crippen molar-refractivity contribution in [3.05, 3.63) is 58.5 Å². The number of nitriles is 2. The topological polar surface area (TPSA) is 136 Å². The van der Waals surface area contributed by atoms with Gasteiger partial charge in [0.2, 0.25) is 0 Å². The van der Waals surface area contributed by atoms with Crippen molar-refractivity contribution in [2.45, 2.75) is 13.8 Å². The summed E-state index contributed by atoms with van der Waals surface area (Å²) in [6.45, 7) is 3.37. The minimum Gasteiger partial charge on any atom is -0.462 e. The Bertz CT molecular complexity index is 976. The molecule has 2 aromatic heterocycles. The Kier molecular flexibility index (Phi) is 8.84. The van der Waals surface area contributed by atoms with Gasteiger partial charge in [0, 0.05) is 12.2 Å². The Labute approximate surface area is 178 Å². The normalized spacial score (nSPS) is 11.5. The maximum atomic E-state index is 11.9. The van der Waals surface area contributed by atoms with Gasteiger partial charge >= 0.3 is 11.9 Å². The first-order valence-electron chi connectivity index (χ1n) is 9.21. The monoisotopic (exact) mass is 424 g/mol. The summed E-state index contributed by atoms with van der Waals surface area (Å²) >= 11 is 0. The van der Waals surface area contributed by atoms with E-state index in [2.05, 4.69) is 0 Å². The van der Waals surface area contributed by atoms with E-state index in [0.29, 0.717) is 23.0 Å². The Morgan fingerprint density at radius 3 is 1.55 bits per heavy atom. The highest BCUT2D eigenvalue weighted by molar-refractivity contribution is 5.98. The molecule has 0 aromatic carbocycles. The van der Waals surface area contributed by atoms with E-state index in [4.69, 9.17) is 33.6 Å². The zero-order valence-corrected chi connectivity index (χ0v) is 17.0. The first-order chi connectivity index (χ1) is 14.9. The SMILES string of the molecule is Cc1ccc(/C=C(\C#N)C(=O)OCCOCCOC(=O)/C(C#N)=C/c2ccc(C)o2)o1. The van der Waals surface area contributed by atoms with E-state index >= 15 is 0 Å². The summed E-state index contributed by atoms with van der Waals surface area (Å²) in [6, 6.07) is 10.2. The molecular weight excluding hydrogens is 404 g/mol. The third kappa shape index (κ3) is 7.69. The Balaban J connectivity index is 1.66. The minimum atomic E-state index is -0.802. The van der Waals surface area contributed by atoms with E-state index in [1.165, 1.54) is 12.2 Å². The summed E-state index contributed by atoms with van der Waals surface area (Å²) in [5.41, 5.74) is -0.406. The summed E-state index contributed by atoms with van der Waals surface area (Å²) < 4.78 is 25.7. The first-order valence-corrected chi connectivity index (χ1v) is 9.21. The number of nitrogens with zero attached hydrogens (tertiary/aromatic N) is 2. The van der Waals surface area contributed by atoms with Crippen molar-refractivity contribution in [3.63, 3.8) is 0 Å². The second-order valence-electron chi connectivity index (χ2n) is 6.12. The Hall–Kier alpha value is -4.08. The lowest BCUT2D eigenvalue weighted by molar-refractivity contribution is -0.141. The van der Waals surface area contributed by atoms with Gasteiger partial charge in [-0.3, -0.25) is 0 Å². The lowest BCUT2D eigenvalue weighted by atomic mass is 10.2. The van der Waals surface area contributed by atoms with Crippen LogP contribution >= 0.6 is 0 Å². The molecule has 0 atom stereocenters. The molecule has 31 heavy (non-hydrogen) atoms. The van der Waals surface area contributed by atoms with Gasteiger partial charge in [0.15, 0.2) is 0 Å². The van der Waals surface area contributed by atoms with Crippen LogP contribution in [0.25, 0.3) is 12.2 Å². The summed E-state index contributed by atoms with van der Waals surface area (Å²) in [4.78, 5) is 23.8. The fourth-order valence-corrected chi connectivity index (χ4v) is 2.26. The van der Waals surface area contributed by atoms with Crippen molar-refractivity contribution in [3.8, 4) is 12.1 Å². The third-order valence-electron chi connectivity index (χ3n) is 3.70. The Morgan fingerprint density at radius 1 is 0.806 bits per heavy atom. The van der Waals surface area contributed by atoms with Gasteiger partial charge in [-0.05, 0) is 38.1 Å². The van der Waals surface area contributed by atoms with Crippen LogP contribution in [0.2, 0.25) is 0 Å². The lowest BCUT2D eigenvalue weighted by Gasteiger charge is -2.06. The van der Waals surface area contributed by atoms with Crippen molar-refractivity contribution in [2.24, 2.45) is 0 Å². The van der Waals surface area contributed by atoms with E-state index < -0.39 is 11.9 Å². The lowest BCUT2D eigenvalue weighted by Crippen LogP contribution is -2.15. The molecule has 9 heteroatoms. The van der Waals surface area contributed by atoms with Gasteiger partial charge in [0.25, 0.3) is 0 Å². The van der Waals surface area contributed by atoms with Crippen LogP contribution in [-0.2, 0) is 23.8 Å². The fourth-order valence-electron chi connectivity index (χ4n) is 2.26. The molecule has 0 radical (unpaired) electrons. The molecule has 0 aliphatic heterocycles. The highest BCUT2D eigenvalue weighted by Crippen LogP contribution is 2.12. The largest absolute Gasteiger partial charge is 0.462 e. The van der Waals surface area contributed by atoms with Gasteiger partial charge in [-0.1, -0.05) is 0 Å². The second kappa shape index (κ2) is 11.8. The van der Waals surface area contributed by atoms with Crippen LogP contribution in [0.3, 0.4) is 0 Å². The van der Waals surface area contributed by atoms with Crippen molar-refractivity contribution >= 4 is 24.1 Å². The van der Waals surface area contributed by atoms with Crippen LogP contribution in [0.15, 0.2) is 44.2 Å². The zero-order chi connectivity index (χ0) is 22.6. The van der Waals surface area contributed by atoms with E-state index in [9.17, 15) is 9.59 Å². The molecule has 2 rings (SSSR count). The van der Waals surface area contributed by atoms with Crippen molar-refractivity contribution in [1.29, 1.82) is 10.5 Å². The summed E-state index contributed by atoms with van der Waals surface area (Å²) in [5.74, 6) is 0.445. The molecule has 9 nitrogen and oxygen atoms in total. The van der Waals surface area contributed by atoms with Gasteiger partial charge < -0.3 is 23.0 Å². The molecule has 0 aliphatic rings. The van der Waals surface area contributed by atoms with E-state index in [-0.39, 0.29) is 37.6 Å². The van der Waals surface area contributed by atoms with Crippen LogP contribution < -0.4 is 0 Å². The number of ether oxygens (including phenoxy) is 3. The molecule has 0 bridgehead atoms. The maximum absolute atomic E-state index is 11.9. The predicted molar refractivity (Wildman–Crippen MR) is 107 cm³/mol.